The maximum atomic E-state index is 13.9. The number of rotatable bonds is 4. The first kappa shape index (κ1) is 13.0. The largest absolute Gasteiger partial charge is 0.310 e. The van der Waals surface area contributed by atoms with Crippen LogP contribution in [0.1, 0.15) is 44.2 Å². The normalized spacial score (nSPS) is 18.5. The van der Waals surface area contributed by atoms with Gasteiger partial charge in [0.1, 0.15) is 5.82 Å². The molecular weight excluding hydrogens is 281 g/mol. The molecule has 1 nitrogen and oxygen atoms in total. The molecule has 1 atom stereocenters. The molecule has 0 aliphatic heterocycles. The predicted octanol–water partition coefficient (Wildman–Crippen LogP) is 4.43. The molecule has 2 rings (SSSR count). The van der Waals surface area contributed by atoms with Crippen LogP contribution < -0.4 is 5.32 Å². The van der Waals surface area contributed by atoms with Crippen molar-refractivity contribution in [2.45, 2.75) is 38.6 Å². The van der Waals surface area contributed by atoms with E-state index in [1.807, 2.05) is 6.07 Å². The molecule has 0 spiro atoms. The molecule has 1 unspecified atom stereocenters. The zero-order valence-corrected chi connectivity index (χ0v) is 11.8. The lowest BCUT2D eigenvalue weighted by Crippen LogP contribution is -2.27. The fourth-order valence-electron chi connectivity index (χ4n) is 2.79. The summed E-state index contributed by atoms with van der Waals surface area (Å²) in [5.41, 5.74) is 0.813. The highest BCUT2D eigenvalue weighted by molar-refractivity contribution is 9.10. The smallest absolute Gasteiger partial charge is 0.128 e. The van der Waals surface area contributed by atoms with E-state index in [1.165, 1.54) is 25.7 Å². The topological polar surface area (TPSA) is 12.0 Å². The maximum absolute atomic E-state index is 13.9. The molecule has 3 heteroatoms. The van der Waals surface area contributed by atoms with Gasteiger partial charge in [0, 0.05) is 16.1 Å². The van der Waals surface area contributed by atoms with Crippen molar-refractivity contribution in [2.24, 2.45) is 5.92 Å². The maximum Gasteiger partial charge on any atom is 0.128 e. The molecular formula is C14H19BrFN. The van der Waals surface area contributed by atoms with E-state index in [9.17, 15) is 4.39 Å². The minimum Gasteiger partial charge on any atom is -0.310 e. The summed E-state index contributed by atoms with van der Waals surface area (Å²) in [7, 11) is 0. The van der Waals surface area contributed by atoms with E-state index < -0.39 is 0 Å². The van der Waals surface area contributed by atoms with Crippen LogP contribution in [0.3, 0.4) is 0 Å². The molecule has 0 heterocycles. The Kier molecular flexibility index (Phi) is 4.57. The van der Waals surface area contributed by atoms with Crippen molar-refractivity contribution in [1.29, 1.82) is 0 Å². The molecule has 1 aromatic carbocycles. The van der Waals surface area contributed by atoms with Gasteiger partial charge in [-0.1, -0.05) is 35.7 Å². The van der Waals surface area contributed by atoms with Crippen molar-refractivity contribution in [1.82, 2.24) is 5.32 Å². The van der Waals surface area contributed by atoms with E-state index in [2.05, 4.69) is 28.2 Å². The molecule has 1 aliphatic rings. The van der Waals surface area contributed by atoms with Crippen LogP contribution in [0.2, 0.25) is 0 Å². The third-order valence-corrected chi connectivity index (χ3v) is 4.08. The van der Waals surface area contributed by atoms with Gasteiger partial charge in [0.25, 0.3) is 0 Å². The average molecular weight is 300 g/mol. The molecule has 94 valence electrons. The summed E-state index contributed by atoms with van der Waals surface area (Å²) in [5.74, 6) is 0.491. The summed E-state index contributed by atoms with van der Waals surface area (Å²) >= 11 is 3.43. The van der Waals surface area contributed by atoms with Crippen molar-refractivity contribution in [3.63, 3.8) is 0 Å². The highest BCUT2D eigenvalue weighted by Gasteiger charge is 2.27. The molecule has 1 aliphatic carbocycles. The fraction of sp³-hybridized carbons (Fsp3) is 0.571. The van der Waals surface area contributed by atoms with Crippen molar-refractivity contribution < 1.29 is 4.39 Å². The van der Waals surface area contributed by atoms with Gasteiger partial charge in [-0.2, -0.15) is 0 Å². The minimum absolute atomic E-state index is 0.0916. The summed E-state index contributed by atoms with van der Waals surface area (Å²) in [6.07, 6.45) is 4.98. The monoisotopic (exact) mass is 299 g/mol. The van der Waals surface area contributed by atoms with Crippen molar-refractivity contribution in [3.8, 4) is 0 Å². The second-order valence-corrected chi connectivity index (χ2v) is 5.66. The van der Waals surface area contributed by atoms with E-state index in [-0.39, 0.29) is 11.9 Å². The summed E-state index contributed by atoms with van der Waals surface area (Å²) < 4.78 is 14.9. The van der Waals surface area contributed by atoms with Gasteiger partial charge in [-0.25, -0.2) is 4.39 Å². The van der Waals surface area contributed by atoms with Crippen LogP contribution in [-0.4, -0.2) is 6.54 Å². The average Bonchev–Trinajstić information content (AvgIpc) is 2.83. The molecule has 0 aromatic heterocycles. The van der Waals surface area contributed by atoms with E-state index in [0.717, 1.165) is 16.6 Å². The Morgan fingerprint density at radius 1 is 1.41 bits per heavy atom. The number of hydrogen-bond donors (Lipinski definition) is 1. The van der Waals surface area contributed by atoms with Gasteiger partial charge in [0.15, 0.2) is 0 Å². The van der Waals surface area contributed by atoms with E-state index in [4.69, 9.17) is 0 Å². The van der Waals surface area contributed by atoms with Crippen molar-refractivity contribution in [3.05, 3.63) is 34.1 Å². The van der Waals surface area contributed by atoms with Crippen LogP contribution in [0.25, 0.3) is 0 Å². The molecule has 0 radical (unpaired) electrons. The van der Waals surface area contributed by atoms with Gasteiger partial charge in [0.2, 0.25) is 0 Å². The second kappa shape index (κ2) is 5.96. The molecule has 1 N–H and O–H groups in total. The molecule has 0 bridgehead atoms. The lowest BCUT2D eigenvalue weighted by Gasteiger charge is -2.25. The Morgan fingerprint density at radius 3 is 2.76 bits per heavy atom. The highest BCUT2D eigenvalue weighted by Crippen LogP contribution is 2.37. The minimum atomic E-state index is -0.0916. The van der Waals surface area contributed by atoms with E-state index >= 15 is 0 Å². The number of halogens is 2. The molecule has 1 fully saturated rings. The molecule has 17 heavy (non-hydrogen) atoms. The lowest BCUT2D eigenvalue weighted by molar-refractivity contribution is 0.363. The van der Waals surface area contributed by atoms with Gasteiger partial charge in [-0.3, -0.25) is 0 Å². The Labute approximate surface area is 111 Å². The quantitative estimate of drug-likeness (QED) is 0.867. The van der Waals surface area contributed by atoms with Gasteiger partial charge < -0.3 is 5.32 Å². The van der Waals surface area contributed by atoms with Crippen LogP contribution in [0, 0.1) is 11.7 Å². The van der Waals surface area contributed by atoms with E-state index in [0.29, 0.717) is 5.92 Å². The third kappa shape index (κ3) is 3.08. The van der Waals surface area contributed by atoms with Crippen LogP contribution in [0.4, 0.5) is 4.39 Å². The van der Waals surface area contributed by atoms with E-state index in [1.54, 1.807) is 12.1 Å². The third-order valence-electron chi connectivity index (χ3n) is 3.59. The van der Waals surface area contributed by atoms with Crippen LogP contribution >= 0.6 is 15.9 Å². The van der Waals surface area contributed by atoms with Gasteiger partial charge >= 0.3 is 0 Å². The Bertz CT molecular complexity index is 374. The summed E-state index contributed by atoms with van der Waals surface area (Å²) in [6.45, 7) is 2.96. The standard InChI is InChI=1S/C14H19BrFN/c1-2-17-14(10-5-3-4-6-10)12-9-11(15)7-8-13(12)16/h7-10,14,17H,2-6H2,1H3. The second-order valence-electron chi connectivity index (χ2n) is 4.75. The predicted molar refractivity (Wildman–Crippen MR) is 72.5 cm³/mol. The van der Waals surface area contributed by atoms with Gasteiger partial charge in [0.05, 0.1) is 0 Å². The summed E-state index contributed by atoms with van der Waals surface area (Å²) in [5, 5.41) is 3.45. The fourth-order valence-corrected chi connectivity index (χ4v) is 3.17. The zero-order chi connectivity index (χ0) is 12.3. The molecule has 1 saturated carbocycles. The van der Waals surface area contributed by atoms with Crippen molar-refractivity contribution in [2.75, 3.05) is 6.54 Å². The number of hydrogen-bond acceptors (Lipinski definition) is 1. The summed E-state index contributed by atoms with van der Waals surface area (Å²) in [4.78, 5) is 0. The molecule has 0 saturated heterocycles. The number of nitrogens with one attached hydrogen (secondary N) is 1. The molecule has 1 aromatic rings. The highest BCUT2D eigenvalue weighted by atomic mass is 79.9. The Morgan fingerprint density at radius 2 is 2.12 bits per heavy atom. The molecule has 0 amide bonds. The Hall–Kier alpha value is -0.410. The van der Waals surface area contributed by atoms with Crippen molar-refractivity contribution >= 4 is 15.9 Å². The first-order chi connectivity index (χ1) is 8.22. The van der Waals surface area contributed by atoms with Crippen LogP contribution in [0.15, 0.2) is 22.7 Å². The number of benzene rings is 1. The van der Waals surface area contributed by atoms with Crippen LogP contribution in [0.5, 0.6) is 0 Å². The van der Waals surface area contributed by atoms with Gasteiger partial charge in [-0.05, 0) is 43.5 Å². The first-order valence-electron chi connectivity index (χ1n) is 6.40. The van der Waals surface area contributed by atoms with Crippen LogP contribution in [-0.2, 0) is 0 Å². The summed E-state index contributed by atoms with van der Waals surface area (Å²) in [6, 6.07) is 5.40. The lowest BCUT2D eigenvalue weighted by atomic mass is 9.91. The zero-order valence-electron chi connectivity index (χ0n) is 10.2. The Balaban J connectivity index is 2.27. The SMILES string of the molecule is CCNC(c1cc(Br)ccc1F)C1CCCC1. The first-order valence-corrected chi connectivity index (χ1v) is 7.20. The van der Waals surface area contributed by atoms with Gasteiger partial charge in [-0.15, -0.1) is 0 Å².